The van der Waals surface area contributed by atoms with Crippen LogP contribution in [0.1, 0.15) is 17.2 Å². The van der Waals surface area contributed by atoms with E-state index < -0.39 is 40.8 Å². The molecule has 0 amide bonds. The highest BCUT2D eigenvalue weighted by Gasteiger charge is 2.29. The molecule has 0 bridgehead atoms. The number of hydrogen-bond donors (Lipinski definition) is 1. The van der Waals surface area contributed by atoms with E-state index in [0.29, 0.717) is 10.6 Å². The Hall–Kier alpha value is -1.66. The fourth-order valence-corrected chi connectivity index (χ4v) is 2.12. The standard InChI is InChI=1S/C14H8ClF5O/c15-7-3-1-2-6(4-7)5-8(21)9-10(16)12(18)14(20)13(19)11(9)17/h1-4,8,21H,5H2. The third-order valence-electron chi connectivity index (χ3n) is 2.90. The molecule has 0 radical (unpaired) electrons. The highest BCUT2D eigenvalue weighted by Crippen LogP contribution is 2.29. The van der Waals surface area contributed by atoms with E-state index in [-0.39, 0.29) is 6.42 Å². The maximum Gasteiger partial charge on any atom is 0.200 e. The van der Waals surface area contributed by atoms with Crippen LogP contribution in [0.15, 0.2) is 24.3 Å². The summed E-state index contributed by atoms with van der Waals surface area (Å²) >= 11 is 5.71. The minimum absolute atomic E-state index is 0.317. The zero-order valence-corrected chi connectivity index (χ0v) is 11.1. The molecule has 7 heteroatoms. The summed E-state index contributed by atoms with van der Waals surface area (Å²) in [5.74, 6) is -10.5. The molecular formula is C14H8ClF5O. The van der Waals surface area contributed by atoms with E-state index in [1.807, 2.05) is 0 Å². The molecule has 2 rings (SSSR count). The van der Waals surface area contributed by atoms with Crippen molar-refractivity contribution in [2.45, 2.75) is 12.5 Å². The normalized spacial score (nSPS) is 12.5. The van der Waals surface area contributed by atoms with Gasteiger partial charge in [-0.2, -0.15) is 0 Å². The van der Waals surface area contributed by atoms with Gasteiger partial charge in [0.05, 0.1) is 11.7 Å². The predicted molar refractivity (Wildman–Crippen MR) is 66.3 cm³/mol. The van der Waals surface area contributed by atoms with Crippen molar-refractivity contribution in [2.75, 3.05) is 0 Å². The SMILES string of the molecule is OC(Cc1cccc(Cl)c1)c1c(F)c(F)c(F)c(F)c1F. The fraction of sp³-hybridized carbons (Fsp3) is 0.143. The van der Waals surface area contributed by atoms with Gasteiger partial charge in [0.1, 0.15) is 0 Å². The molecule has 112 valence electrons. The largest absolute Gasteiger partial charge is 0.388 e. The van der Waals surface area contributed by atoms with E-state index in [2.05, 4.69) is 0 Å². The summed E-state index contributed by atoms with van der Waals surface area (Å²) in [6, 6.07) is 5.98. The lowest BCUT2D eigenvalue weighted by atomic mass is 10.00. The Morgan fingerprint density at radius 2 is 1.43 bits per heavy atom. The second kappa shape index (κ2) is 5.99. The first-order valence-electron chi connectivity index (χ1n) is 5.76. The second-order valence-electron chi connectivity index (χ2n) is 4.33. The van der Waals surface area contributed by atoms with Gasteiger partial charge in [0.15, 0.2) is 23.3 Å². The Labute approximate surface area is 121 Å². The van der Waals surface area contributed by atoms with Gasteiger partial charge in [-0.05, 0) is 17.7 Å². The van der Waals surface area contributed by atoms with Gasteiger partial charge in [0.25, 0.3) is 0 Å². The minimum atomic E-state index is -2.26. The second-order valence-corrected chi connectivity index (χ2v) is 4.77. The Balaban J connectivity index is 2.42. The third-order valence-corrected chi connectivity index (χ3v) is 3.13. The Kier molecular flexibility index (Phi) is 4.49. The zero-order valence-electron chi connectivity index (χ0n) is 10.3. The van der Waals surface area contributed by atoms with Crippen molar-refractivity contribution in [3.63, 3.8) is 0 Å². The molecule has 0 fully saturated rings. The average molecular weight is 323 g/mol. The summed E-state index contributed by atoms with van der Waals surface area (Å²) in [6.45, 7) is 0. The van der Waals surface area contributed by atoms with Gasteiger partial charge in [0.2, 0.25) is 5.82 Å². The Morgan fingerprint density at radius 3 is 1.95 bits per heavy atom. The van der Waals surface area contributed by atoms with Crippen molar-refractivity contribution >= 4 is 11.6 Å². The molecule has 1 N–H and O–H groups in total. The lowest BCUT2D eigenvalue weighted by molar-refractivity contribution is 0.164. The van der Waals surface area contributed by atoms with Gasteiger partial charge in [-0.1, -0.05) is 23.7 Å². The van der Waals surface area contributed by atoms with Gasteiger partial charge in [-0.15, -0.1) is 0 Å². The summed E-state index contributed by atoms with van der Waals surface area (Å²) in [4.78, 5) is 0. The van der Waals surface area contributed by atoms with Crippen molar-refractivity contribution in [1.29, 1.82) is 0 Å². The van der Waals surface area contributed by atoms with Crippen LogP contribution < -0.4 is 0 Å². The first-order valence-corrected chi connectivity index (χ1v) is 6.14. The van der Waals surface area contributed by atoms with E-state index in [0.717, 1.165) is 0 Å². The topological polar surface area (TPSA) is 20.2 Å². The van der Waals surface area contributed by atoms with Crippen LogP contribution in [-0.4, -0.2) is 5.11 Å². The number of halogens is 6. The van der Waals surface area contributed by atoms with Crippen LogP contribution in [0, 0.1) is 29.1 Å². The molecule has 2 aromatic rings. The number of benzene rings is 2. The monoisotopic (exact) mass is 322 g/mol. The molecule has 0 aliphatic heterocycles. The van der Waals surface area contributed by atoms with Crippen LogP contribution >= 0.6 is 11.6 Å². The van der Waals surface area contributed by atoms with Crippen LogP contribution in [0.2, 0.25) is 5.02 Å². The smallest absolute Gasteiger partial charge is 0.200 e. The van der Waals surface area contributed by atoms with Crippen LogP contribution in [-0.2, 0) is 6.42 Å². The van der Waals surface area contributed by atoms with Crippen molar-refractivity contribution in [3.8, 4) is 0 Å². The zero-order chi connectivity index (χ0) is 15.7. The van der Waals surface area contributed by atoms with Gasteiger partial charge >= 0.3 is 0 Å². The molecule has 1 unspecified atom stereocenters. The van der Waals surface area contributed by atoms with Crippen LogP contribution in [0.25, 0.3) is 0 Å². The van der Waals surface area contributed by atoms with E-state index in [9.17, 15) is 27.1 Å². The lowest BCUT2D eigenvalue weighted by Gasteiger charge is -2.14. The van der Waals surface area contributed by atoms with Gasteiger partial charge in [0, 0.05) is 11.4 Å². The predicted octanol–water partition coefficient (Wildman–Crippen LogP) is 4.31. The lowest BCUT2D eigenvalue weighted by Crippen LogP contribution is -2.13. The molecule has 1 atom stereocenters. The van der Waals surface area contributed by atoms with E-state index in [4.69, 9.17) is 11.6 Å². The molecule has 0 aliphatic rings. The number of aliphatic hydroxyl groups is 1. The maximum absolute atomic E-state index is 13.5. The third kappa shape index (κ3) is 3.01. The molecular weight excluding hydrogens is 315 g/mol. The number of rotatable bonds is 3. The molecule has 0 spiro atoms. The van der Waals surface area contributed by atoms with Crippen molar-refractivity contribution in [3.05, 3.63) is 69.5 Å². The van der Waals surface area contributed by atoms with Gasteiger partial charge < -0.3 is 5.11 Å². The van der Waals surface area contributed by atoms with E-state index in [1.54, 1.807) is 0 Å². The Bertz CT molecular complexity index is 660. The van der Waals surface area contributed by atoms with Crippen molar-refractivity contribution < 1.29 is 27.1 Å². The molecule has 0 aromatic heterocycles. The Morgan fingerprint density at radius 1 is 0.905 bits per heavy atom. The molecule has 2 aromatic carbocycles. The number of aliphatic hydroxyl groups excluding tert-OH is 1. The van der Waals surface area contributed by atoms with Gasteiger partial charge in [-0.25, -0.2) is 22.0 Å². The quantitative estimate of drug-likeness (QED) is 0.507. The summed E-state index contributed by atoms with van der Waals surface area (Å²) in [6.07, 6.45) is -2.24. The van der Waals surface area contributed by atoms with Crippen molar-refractivity contribution in [2.24, 2.45) is 0 Å². The van der Waals surface area contributed by atoms with Crippen LogP contribution in [0.4, 0.5) is 22.0 Å². The number of hydrogen-bond acceptors (Lipinski definition) is 1. The first-order chi connectivity index (χ1) is 9.82. The average Bonchev–Trinajstić information content (AvgIpc) is 2.43. The summed E-state index contributed by atoms with van der Waals surface area (Å²) < 4.78 is 66.1. The molecule has 0 heterocycles. The highest BCUT2D eigenvalue weighted by molar-refractivity contribution is 6.30. The molecule has 1 nitrogen and oxygen atoms in total. The maximum atomic E-state index is 13.5. The summed E-state index contributed by atoms with van der Waals surface area (Å²) in [5.41, 5.74) is -0.870. The summed E-state index contributed by atoms with van der Waals surface area (Å²) in [7, 11) is 0. The van der Waals surface area contributed by atoms with Crippen LogP contribution in [0.5, 0.6) is 0 Å². The van der Waals surface area contributed by atoms with E-state index >= 15 is 0 Å². The van der Waals surface area contributed by atoms with Gasteiger partial charge in [-0.3, -0.25) is 0 Å². The van der Waals surface area contributed by atoms with Crippen molar-refractivity contribution in [1.82, 2.24) is 0 Å². The molecule has 0 saturated carbocycles. The summed E-state index contributed by atoms with van der Waals surface area (Å²) in [5, 5.41) is 10.1. The molecule has 21 heavy (non-hydrogen) atoms. The fourth-order valence-electron chi connectivity index (χ4n) is 1.90. The highest BCUT2D eigenvalue weighted by atomic mass is 35.5. The van der Waals surface area contributed by atoms with E-state index in [1.165, 1.54) is 24.3 Å². The minimum Gasteiger partial charge on any atom is -0.388 e. The first kappa shape index (κ1) is 15.7. The molecule has 0 saturated heterocycles. The van der Waals surface area contributed by atoms with Crippen LogP contribution in [0.3, 0.4) is 0 Å². The molecule has 0 aliphatic carbocycles.